The number of nitrogens with one attached hydrogen (secondary N) is 1. The molecule has 0 aliphatic carbocycles. The van der Waals surface area contributed by atoms with Crippen LogP contribution in [0.4, 0.5) is 11.4 Å². The third kappa shape index (κ3) is 3.66. The Hall–Kier alpha value is -2.04. The SMILES string of the molecule is CCC(C)OC(=O)CN1C(=O)C(CC)Nc2cc(C)c(C)cc21. The second-order valence-electron chi connectivity index (χ2n) is 6.19. The van der Waals surface area contributed by atoms with Gasteiger partial charge in [-0.25, -0.2) is 0 Å². The minimum absolute atomic E-state index is 0.0448. The Morgan fingerprint density at radius 2 is 1.96 bits per heavy atom. The van der Waals surface area contributed by atoms with Crippen molar-refractivity contribution in [3.8, 4) is 0 Å². The van der Waals surface area contributed by atoms with E-state index in [4.69, 9.17) is 4.74 Å². The molecule has 0 saturated carbocycles. The molecule has 2 unspecified atom stereocenters. The van der Waals surface area contributed by atoms with Gasteiger partial charge in [0.05, 0.1) is 17.5 Å². The summed E-state index contributed by atoms with van der Waals surface area (Å²) in [4.78, 5) is 26.4. The van der Waals surface area contributed by atoms with Gasteiger partial charge in [0.15, 0.2) is 0 Å². The Kier molecular flexibility index (Phi) is 5.29. The molecule has 0 fully saturated rings. The van der Waals surface area contributed by atoms with E-state index in [1.807, 2.05) is 46.8 Å². The van der Waals surface area contributed by atoms with Crippen LogP contribution in [0.25, 0.3) is 0 Å². The largest absolute Gasteiger partial charge is 0.461 e. The molecule has 1 amide bonds. The van der Waals surface area contributed by atoms with Crippen molar-refractivity contribution in [1.29, 1.82) is 0 Å². The first-order valence-electron chi connectivity index (χ1n) is 8.26. The van der Waals surface area contributed by atoms with Gasteiger partial charge < -0.3 is 10.1 Å². The average molecular weight is 318 g/mol. The molecule has 0 radical (unpaired) electrons. The van der Waals surface area contributed by atoms with E-state index in [1.165, 1.54) is 0 Å². The van der Waals surface area contributed by atoms with Crippen LogP contribution in [0.5, 0.6) is 0 Å². The number of fused-ring (bicyclic) bond motifs is 1. The van der Waals surface area contributed by atoms with Crippen LogP contribution in [0, 0.1) is 13.8 Å². The van der Waals surface area contributed by atoms with Gasteiger partial charge in [-0.3, -0.25) is 14.5 Å². The van der Waals surface area contributed by atoms with Crippen molar-refractivity contribution in [2.24, 2.45) is 0 Å². The number of aryl methyl sites for hydroxylation is 2. The van der Waals surface area contributed by atoms with Crippen LogP contribution < -0.4 is 10.2 Å². The van der Waals surface area contributed by atoms with Crippen LogP contribution in [0.3, 0.4) is 0 Å². The molecule has 0 spiro atoms. The predicted molar refractivity (Wildman–Crippen MR) is 91.8 cm³/mol. The second-order valence-corrected chi connectivity index (χ2v) is 6.19. The molecule has 1 N–H and O–H groups in total. The summed E-state index contributed by atoms with van der Waals surface area (Å²) >= 11 is 0. The Labute approximate surface area is 138 Å². The number of esters is 1. The first kappa shape index (κ1) is 17.3. The maximum atomic E-state index is 12.7. The number of carbonyl (C=O) groups is 2. The van der Waals surface area contributed by atoms with E-state index in [2.05, 4.69) is 5.32 Å². The molecule has 1 aliphatic heterocycles. The average Bonchev–Trinajstić information content (AvgIpc) is 2.51. The van der Waals surface area contributed by atoms with Gasteiger partial charge in [-0.1, -0.05) is 13.8 Å². The molecule has 23 heavy (non-hydrogen) atoms. The van der Waals surface area contributed by atoms with E-state index < -0.39 is 0 Å². The highest BCUT2D eigenvalue weighted by Crippen LogP contribution is 2.34. The Bertz CT molecular complexity index is 613. The Balaban J connectivity index is 2.31. The predicted octanol–water partition coefficient (Wildman–Crippen LogP) is 3.18. The second kappa shape index (κ2) is 7.02. The molecule has 1 aromatic rings. The molecular weight excluding hydrogens is 292 g/mol. The molecule has 0 aromatic heterocycles. The Morgan fingerprint density at radius 3 is 2.57 bits per heavy atom. The molecule has 1 aliphatic rings. The number of anilines is 2. The lowest BCUT2D eigenvalue weighted by Crippen LogP contribution is -2.49. The molecule has 5 heteroatoms. The highest BCUT2D eigenvalue weighted by molar-refractivity contribution is 6.07. The van der Waals surface area contributed by atoms with E-state index in [0.29, 0.717) is 6.42 Å². The number of ether oxygens (including phenoxy) is 1. The monoisotopic (exact) mass is 318 g/mol. The fraction of sp³-hybridized carbons (Fsp3) is 0.556. The first-order chi connectivity index (χ1) is 10.9. The number of rotatable bonds is 5. The van der Waals surface area contributed by atoms with Crippen molar-refractivity contribution in [2.75, 3.05) is 16.8 Å². The van der Waals surface area contributed by atoms with Crippen molar-refractivity contribution in [2.45, 2.75) is 59.6 Å². The summed E-state index contributed by atoms with van der Waals surface area (Å²) in [6.45, 7) is 9.77. The van der Waals surface area contributed by atoms with Crippen molar-refractivity contribution in [3.05, 3.63) is 23.3 Å². The standard InChI is InChI=1S/C18H26N2O3/c1-6-13(5)23-17(21)10-20-16-9-12(4)11(3)8-15(16)19-14(7-2)18(20)22/h8-9,13-14,19H,6-7,10H2,1-5H3. The normalized spacial score (nSPS) is 18.2. The number of nitrogens with zero attached hydrogens (tertiary/aromatic N) is 1. The maximum Gasteiger partial charge on any atom is 0.326 e. The molecule has 126 valence electrons. The van der Waals surface area contributed by atoms with Crippen LogP contribution in [-0.2, 0) is 14.3 Å². The quantitative estimate of drug-likeness (QED) is 0.847. The summed E-state index contributed by atoms with van der Waals surface area (Å²) in [6, 6.07) is 3.69. The van der Waals surface area contributed by atoms with Crippen molar-refractivity contribution in [3.63, 3.8) is 0 Å². The highest BCUT2D eigenvalue weighted by atomic mass is 16.5. The molecular formula is C18H26N2O3. The van der Waals surface area contributed by atoms with Crippen LogP contribution in [0.2, 0.25) is 0 Å². The fourth-order valence-corrected chi connectivity index (χ4v) is 2.61. The van der Waals surface area contributed by atoms with Gasteiger partial charge >= 0.3 is 5.97 Å². The van der Waals surface area contributed by atoms with Gasteiger partial charge in [0, 0.05) is 0 Å². The van der Waals surface area contributed by atoms with Gasteiger partial charge in [-0.2, -0.15) is 0 Å². The van der Waals surface area contributed by atoms with E-state index >= 15 is 0 Å². The maximum absolute atomic E-state index is 12.7. The molecule has 2 atom stereocenters. The lowest BCUT2D eigenvalue weighted by Gasteiger charge is -2.35. The third-order valence-corrected chi connectivity index (χ3v) is 4.40. The van der Waals surface area contributed by atoms with Gasteiger partial charge in [-0.15, -0.1) is 0 Å². The summed E-state index contributed by atoms with van der Waals surface area (Å²) in [5.41, 5.74) is 3.90. The van der Waals surface area contributed by atoms with E-state index in [1.54, 1.807) is 4.90 Å². The number of amides is 1. The van der Waals surface area contributed by atoms with E-state index in [0.717, 1.165) is 28.9 Å². The number of carbonyl (C=O) groups excluding carboxylic acids is 2. The van der Waals surface area contributed by atoms with Gasteiger partial charge in [-0.05, 0) is 56.9 Å². The summed E-state index contributed by atoms with van der Waals surface area (Å²) in [5, 5.41) is 3.28. The van der Waals surface area contributed by atoms with Crippen LogP contribution in [-0.4, -0.2) is 30.6 Å². The summed E-state index contributed by atoms with van der Waals surface area (Å²) in [7, 11) is 0. The zero-order valence-corrected chi connectivity index (χ0v) is 14.6. The number of hydrogen-bond donors (Lipinski definition) is 1. The van der Waals surface area contributed by atoms with Gasteiger partial charge in [0.2, 0.25) is 5.91 Å². The Morgan fingerprint density at radius 1 is 1.30 bits per heavy atom. The van der Waals surface area contributed by atoms with Gasteiger partial charge in [0.25, 0.3) is 0 Å². The molecule has 0 saturated heterocycles. The number of benzene rings is 1. The summed E-state index contributed by atoms with van der Waals surface area (Å²) < 4.78 is 5.34. The van der Waals surface area contributed by atoms with Crippen molar-refractivity contribution in [1.82, 2.24) is 0 Å². The molecule has 1 aromatic carbocycles. The molecule has 5 nitrogen and oxygen atoms in total. The summed E-state index contributed by atoms with van der Waals surface area (Å²) in [5.74, 6) is -0.446. The zero-order valence-electron chi connectivity index (χ0n) is 14.6. The van der Waals surface area contributed by atoms with Gasteiger partial charge in [0.1, 0.15) is 12.6 Å². The number of hydrogen-bond acceptors (Lipinski definition) is 4. The lowest BCUT2D eigenvalue weighted by atomic mass is 10.0. The van der Waals surface area contributed by atoms with E-state index in [9.17, 15) is 9.59 Å². The first-order valence-corrected chi connectivity index (χ1v) is 8.26. The van der Waals surface area contributed by atoms with Crippen molar-refractivity contribution < 1.29 is 14.3 Å². The molecule has 0 bridgehead atoms. The third-order valence-electron chi connectivity index (χ3n) is 4.40. The smallest absolute Gasteiger partial charge is 0.326 e. The minimum atomic E-state index is -0.367. The van der Waals surface area contributed by atoms with Crippen molar-refractivity contribution >= 4 is 23.3 Å². The lowest BCUT2D eigenvalue weighted by molar-refractivity contribution is -0.147. The zero-order chi connectivity index (χ0) is 17.1. The topological polar surface area (TPSA) is 58.6 Å². The fourth-order valence-electron chi connectivity index (χ4n) is 2.61. The van der Waals surface area contributed by atoms with E-state index in [-0.39, 0.29) is 30.6 Å². The van der Waals surface area contributed by atoms with Crippen LogP contribution in [0.15, 0.2) is 12.1 Å². The molecule has 1 heterocycles. The minimum Gasteiger partial charge on any atom is -0.461 e. The summed E-state index contributed by atoms with van der Waals surface area (Å²) in [6.07, 6.45) is 1.29. The molecule has 2 rings (SSSR count). The highest BCUT2D eigenvalue weighted by Gasteiger charge is 2.33. The van der Waals surface area contributed by atoms with Crippen LogP contribution >= 0.6 is 0 Å². The van der Waals surface area contributed by atoms with Crippen LogP contribution in [0.1, 0.15) is 44.7 Å².